The second-order valence-corrected chi connectivity index (χ2v) is 25.2. The number of aliphatic hydroxyl groups excluding tert-OH is 5. The quantitative estimate of drug-likeness (QED) is 0.0448. The standard InChI is InChI=1S/C68H56O44/c69-22-1-14(2-23(70)39(22)79)59(92)109-55-53-33(105-67(100)57(55)111-61(94)16-5-26(73)41(81)27(74)6-16)12-103-63(96)18-8-29(76)43(83)48(88)36(18)38-20(65(98)108-53)11-32(46(86)50(38)90)104-52-21(10-31(78)45(85)51(52)91)66(99)112-58-56(110-60(93)15-3-24(71)40(80)25(72)4-15)54-34(106-68(58)101)13-102-62(95)17-7-28(75)42(82)47(87)35(17)37-19(64(97)107-54)9-30(77)44(84)49(37)89/h1-9,11,21,31,33-34,45,51-58,67-91,100-101H,10,12-13H2/t21-,31-,33-,34+,45+,51+,52+,53+,54+,55-,56-,57+,58+,67-,68-/m1/s1. The second kappa shape index (κ2) is 29.1. The van der Waals surface area contributed by atoms with Crippen molar-refractivity contribution in [2.45, 2.75) is 92.2 Å². The van der Waals surface area contributed by atoms with E-state index in [1.54, 1.807) is 0 Å². The van der Waals surface area contributed by atoms with Crippen LogP contribution in [0.15, 0.2) is 60.7 Å². The molecule has 112 heavy (non-hydrogen) atoms. The molecule has 7 aromatic rings. The van der Waals surface area contributed by atoms with Crippen molar-refractivity contribution in [3.8, 4) is 143 Å². The van der Waals surface area contributed by atoms with Crippen LogP contribution in [0.25, 0.3) is 22.3 Å². The highest BCUT2D eigenvalue weighted by atomic mass is 16.7. The molecule has 1 aliphatic carbocycles. The lowest BCUT2D eigenvalue weighted by Gasteiger charge is -2.44. The van der Waals surface area contributed by atoms with E-state index in [0.29, 0.717) is 54.6 Å². The number of carbonyl (C=O) groups excluding carboxylic acids is 8. The van der Waals surface area contributed by atoms with Crippen LogP contribution in [0.4, 0.5) is 0 Å². The molecule has 0 amide bonds. The molecule has 1 saturated carbocycles. The van der Waals surface area contributed by atoms with Crippen LogP contribution < -0.4 is 4.74 Å². The van der Waals surface area contributed by atoms with Crippen molar-refractivity contribution in [1.82, 2.24) is 0 Å². The maximum atomic E-state index is 15.4. The predicted octanol–water partition coefficient (Wildman–Crippen LogP) is -0.903. The van der Waals surface area contributed by atoms with Crippen LogP contribution in [0.1, 0.15) is 78.9 Å². The van der Waals surface area contributed by atoms with Crippen molar-refractivity contribution >= 4 is 47.8 Å². The molecule has 44 nitrogen and oxygen atoms in total. The summed E-state index contributed by atoms with van der Waals surface area (Å²) < 4.78 is 61.7. The highest BCUT2D eigenvalue weighted by Crippen LogP contribution is 2.56. The van der Waals surface area contributed by atoms with Gasteiger partial charge in [-0.25, -0.2) is 33.6 Å². The maximum Gasteiger partial charge on any atom is 0.339 e. The number of phenolic OH excluding ortho intramolecular Hbond substituents is 20. The number of hydrogen-bond acceptors (Lipinski definition) is 44. The lowest BCUT2D eigenvalue weighted by atomic mass is 9.80. The van der Waals surface area contributed by atoms with Crippen LogP contribution in [0, 0.1) is 5.92 Å². The van der Waals surface area contributed by atoms with Gasteiger partial charge in [0.2, 0.25) is 23.0 Å². The summed E-state index contributed by atoms with van der Waals surface area (Å²) in [6, 6.07) is 4.17. The number of phenols is 20. The Bertz CT molecular complexity index is 5060. The Morgan fingerprint density at radius 2 is 0.634 bits per heavy atom. The number of aliphatic hydroxyl groups is 5. The van der Waals surface area contributed by atoms with Gasteiger partial charge in [-0.3, -0.25) is 4.79 Å². The molecular formula is C68H56O44. The van der Waals surface area contributed by atoms with Gasteiger partial charge in [-0.15, -0.1) is 0 Å². The molecule has 4 heterocycles. The van der Waals surface area contributed by atoms with Crippen LogP contribution in [-0.4, -0.2) is 274 Å². The highest BCUT2D eigenvalue weighted by Gasteiger charge is 2.58. The summed E-state index contributed by atoms with van der Waals surface area (Å²) in [5, 5.41) is 273. The van der Waals surface area contributed by atoms with E-state index in [1.165, 1.54) is 0 Å². The Labute approximate surface area is 618 Å². The molecule has 0 aromatic heterocycles. The Balaban J connectivity index is 0.957. The summed E-state index contributed by atoms with van der Waals surface area (Å²) in [4.78, 5) is 116. The zero-order valence-electron chi connectivity index (χ0n) is 55.5. The normalized spacial score (nSPS) is 24.9. The number of benzene rings is 7. The van der Waals surface area contributed by atoms with E-state index < -0.39 is 341 Å². The van der Waals surface area contributed by atoms with E-state index in [0.717, 1.165) is 0 Å². The molecule has 0 radical (unpaired) electrons. The van der Waals surface area contributed by atoms with Gasteiger partial charge in [0, 0.05) is 22.3 Å². The average Bonchev–Trinajstić information content (AvgIpc) is 1.20. The topological polar surface area (TPSA) is 744 Å². The lowest BCUT2D eigenvalue weighted by molar-refractivity contribution is -0.291. The zero-order valence-corrected chi connectivity index (χ0v) is 55.5. The fraction of sp³-hybridized carbons (Fsp3) is 0.265. The van der Waals surface area contributed by atoms with E-state index in [9.17, 15) is 156 Å². The van der Waals surface area contributed by atoms with E-state index in [4.69, 9.17) is 52.1 Å². The molecule has 2 saturated heterocycles. The van der Waals surface area contributed by atoms with Crippen molar-refractivity contribution in [3.05, 3.63) is 99.6 Å². The van der Waals surface area contributed by atoms with Crippen LogP contribution in [0.3, 0.4) is 0 Å². The SMILES string of the molecule is O=C(O[C@@H]1[C@H]2OC(=O)c3cc(O)c(O)c(O)c3-c3c(cc(O)c(O)c3O)C(=O)OC[C@@H]2O[C@@H](O)[C@H]1OC(=O)[C@@H]1C[C@@H](O)[C@H](O)[C@H](O)[C@H]1Oc1cc2c(c(O)c1O)-c1c(cc(O)c(O)c1O)C(=O)OC[C@H]1O[C@@H](O)[C@@H](OC(=O)c3cc(O)c(O)c(O)c3)[C@H](OC(=O)c3cc(O)c(O)c(O)c3)[C@H]1OC2=O)c1cc(O)c(O)c(O)c1. The molecule has 3 fully saturated rings. The summed E-state index contributed by atoms with van der Waals surface area (Å²) in [6.07, 6.45) is -37.5. The van der Waals surface area contributed by atoms with Gasteiger partial charge >= 0.3 is 47.8 Å². The first kappa shape index (κ1) is 77.4. The van der Waals surface area contributed by atoms with Gasteiger partial charge in [0.25, 0.3) is 0 Å². The Morgan fingerprint density at radius 1 is 0.330 bits per heavy atom. The summed E-state index contributed by atoms with van der Waals surface area (Å²) in [6.45, 7) is -2.72. The van der Waals surface area contributed by atoms with E-state index in [2.05, 4.69) is 0 Å². The third-order valence-corrected chi connectivity index (χ3v) is 18.3. The molecule has 25 N–H and O–H groups in total. The van der Waals surface area contributed by atoms with Gasteiger partial charge in [0.15, 0.2) is 147 Å². The Hall–Kier alpha value is -14.2. The smallest absolute Gasteiger partial charge is 0.339 e. The fourth-order valence-corrected chi connectivity index (χ4v) is 12.7. The molecule has 0 bridgehead atoms. The number of carbonyl (C=O) groups is 8. The molecule has 12 rings (SSSR count). The van der Waals surface area contributed by atoms with Gasteiger partial charge in [-0.05, 0) is 67.1 Å². The molecule has 4 aliphatic heterocycles. The summed E-state index contributed by atoms with van der Waals surface area (Å²) >= 11 is 0. The van der Waals surface area contributed by atoms with Gasteiger partial charge in [-0.1, -0.05) is 0 Å². The molecule has 44 heteroatoms. The van der Waals surface area contributed by atoms with Crippen molar-refractivity contribution in [2.75, 3.05) is 13.2 Å². The summed E-state index contributed by atoms with van der Waals surface area (Å²) in [7, 11) is 0. The van der Waals surface area contributed by atoms with Crippen LogP contribution in [-0.2, 0) is 52.2 Å². The Morgan fingerprint density at radius 3 is 0.991 bits per heavy atom. The molecule has 592 valence electrons. The first-order valence-corrected chi connectivity index (χ1v) is 31.8. The van der Waals surface area contributed by atoms with Crippen LogP contribution >= 0.6 is 0 Å². The molecule has 0 spiro atoms. The highest BCUT2D eigenvalue weighted by molar-refractivity contribution is 6.10. The minimum Gasteiger partial charge on any atom is -0.504 e. The zero-order chi connectivity index (χ0) is 81.7. The minimum absolute atomic E-state index is 0.258. The predicted molar refractivity (Wildman–Crippen MR) is 345 cm³/mol. The van der Waals surface area contributed by atoms with Crippen molar-refractivity contribution in [1.29, 1.82) is 0 Å². The number of aromatic hydroxyl groups is 20. The van der Waals surface area contributed by atoms with E-state index in [1.807, 2.05) is 0 Å². The second-order valence-electron chi connectivity index (χ2n) is 25.2. The minimum atomic E-state index is -2.85. The van der Waals surface area contributed by atoms with E-state index >= 15 is 9.59 Å². The van der Waals surface area contributed by atoms with Gasteiger partial charge in [0.1, 0.15) is 43.7 Å². The fourth-order valence-electron chi connectivity index (χ4n) is 12.7. The first-order valence-electron chi connectivity index (χ1n) is 31.8. The summed E-state index contributed by atoms with van der Waals surface area (Å²) in [5.74, 6) is -46.2. The molecule has 7 aromatic carbocycles. The third-order valence-electron chi connectivity index (χ3n) is 18.3. The molecule has 15 atom stereocenters. The van der Waals surface area contributed by atoms with Gasteiger partial charge in [-0.2, -0.15) is 0 Å². The van der Waals surface area contributed by atoms with E-state index in [-0.39, 0.29) is 6.07 Å². The maximum absolute atomic E-state index is 15.4. The first-order chi connectivity index (χ1) is 52.7. The monoisotopic (exact) mass is 1580 g/mol. The Kier molecular flexibility index (Phi) is 20.1. The number of hydrogen-bond donors (Lipinski definition) is 25. The van der Waals surface area contributed by atoms with Gasteiger partial charge in [0.05, 0.1) is 51.0 Å². The number of cyclic esters (lactones) is 2. The average molecular weight is 1580 g/mol. The number of rotatable bonds is 10. The lowest BCUT2D eigenvalue weighted by Crippen LogP contribution is -2.63. The van der Waals surface area contributed by atoms with Crippen LogP contribution in [0.2, 0.25) is 0 Å². The third kappa shape index (κ3) is 13.6. The number of esters is 8. The molecule has 0 unspecified atom stereocenters. The van der Waals surface area contributed by atoms with Crippen molar-refractivity contribution < 1.29 is 218 Å². The number of ether oxygens (including phenoxy) is 11. The molecular weight excluding hydrogens is 1520 g/mol. The number of fused-ring (bicyclic) bond motifs is 8. The molecule has 5 aliphatic rings. The largest absolute Gasteiger partial charge is 0.504 e. The van der Waals surface area contributed by atoms with Crippen molar-refractivity contribution in [2.24, 2.45) is 5.92 Å². The van der Waals surface area contributed by atoms with Crippen molar-refractivity contribution in [3.63, 3.8) is 0 Å². The van der Waals surface area contributed by atoms with Crippen LogP contribution in [0.5, 0.6) is 121 Å². The summed E-state index contributed by atoms with van der Waals surface area (Å²) in [5.41, 5.74) is -12.6. The van der Waals surface area contributed by atoms with Gasteiger partial charge < -0.3 is 180 Å².